The van der Waals surface area contributed by atoms with Crippen molar-refractivity contribution >= 4 is 6.29 Å². The number of hydrogen-bond donors (Lipinski definition) is 1. The zero-order valence-electron chi connectivity index (χ0n) is 3.92. The molecule has 7 heavy (non-hydrogen) atoms. The molecule has 1 rings (SSSR count). The molecule has 0 aromatic heterocycles. The highest BCUT2D eigenvalue weighted by Gasteiger charge is 2.04. The molecular formula is C5H7NO. The van der Waals surface area contributed by atoms with Gasteiger partial charge in [0.25, 0.3) is 0 Å². The minimum Gasteiger partial charge on any atom is -0.381 e. The summed E-state index contributed by atoms with van der Waals surface area (Å²) < 4.78 is 0. The van der Waals surface area contributed by atoms with Crippen molar-refractivity contribution in [3.63, 3.8) is 0 Å². The first-order valence-electron chi connectivity index (χ1n) is 2.30. The molecule has 0 aromatic rings. The SMILES string of the molecule is O=CC1CC=CN1. The second-order valence-corrected chi connectivity index (χ2v) is 1.55. The van der Waals surface area contributed by atoms with Crippen LogP contribution in [0.25, 0.3) is 0 Å². The topological polar surface area (TPSA) is 29.1 Å². The predicted octanol–water partition coefficient (Wildman–Crippen LogP) is 0.0609. The van der Waals surface area contributed by atoms with Crippen molar-refractivity contribution in [3.05, 3.63) is 12.3 Å². The molecule has 0 saturated carbocycles. The standard InChI is InChI=1S/C5H7NO/c7-4-5-2-1-3-6-5/h1,3-6H,2H2. The van der Waals surface area contributed by atoms with Crippen LogP contribution < -0.4 is 5.32 Å². The Hall–Kier alpha value is -0.790. The van der Waals surface area contributed by atoms with Gasteiger partial charge in [-0.1, -0.05) is 6.08 Å². The number of carbonyl (C=O) groups excluding carboxylic acids is 1. The Balaban J connectivity index is 2.35. The van der Waals surface area contributed by atoms with E-state index in [0.29, 0.717) is 0 Å². The van der Waals surface area contributed by atoms with Crippen molar-refractivity contribution in [3.8, 4) is 0 Å². The lowest BCUT2D eigenvalue weighted by molar-refractivity contribution is -0.109. The van der Waals surface area contributed by atoms with E-state index in [9.17, 15) is 4.79 Å². The van der Waals surface area contributed by atoms with Crippen LogP contribution in [0, 0.1) is 0 Å². The Morgan fingerprint density at radius 2 is 2.71 bits per heavy atom. The molecule has 0 aromatic carbocycles. The number of carbonyl (C=O) groups is 1. The lowest BCUT2D eigenvalue weighted by Gasteiger charge is -1.96. The summed E-state index contributed by atoms with van der Waals surface area (Å²) >= 11 is 0. The van der Waals surface area contributed by atoms with E-state index in [1.165, 1.54) is 0 Å². The first kappa shape index (κ1) is 4.37. The van der Waals surface area contributed by atoms with Gasteiger partial charge >= 0.3 is 0 Å². The van der Waals surface area contributed by atoms with Gasteiger partial charge in [-0.05, 0) is 12.6 Å². The van der Waals surface area contributed by atoms with E-state index in [-0.39, 0.29) is 6.04 Å². The van der Waals surface area contributed by atoms with Gasteiger partial charge in [0.15, 0.2) is 0 Å². The Morgan fingerprint density at radius 3 is 3.00 bits per heavy atom. The molecule has 1 N–H and O–H groups in total. The van der Waals surface area contributed by atoms with Crippen LogP contribution in [0.4, 0.5) is 0 Å². The van der Waals surface area contributed by atoms with Gasteiger partial charge in [0.2, 0.25) is 0 Å². The maximum absolute atomic E-state index is 9.90. The van der Waals surface area contributed by atoms with Crippen LogP contribution in [-0.4, -0.2) is 12.3 Å². The summed E-state index contributed by atoms with van der Waals surface area (Å²) in [7, 11) is 0. The van der Waals surface area contributed by atoms with E-state index in [4.69, 9.17) is 0 Å². The maximum Gasteiger partial charge on any atom is 0.142 e. The predicted molar refractivity (Wildman–Crippen MR) is 26.7 cm³/mol. The third kappa shape index (κ3) is 0.796. The monoisotopic (exact) mass is 97.1 g/mol. The summed E-state index contributed by atoms with van der Waals surface area (Å²) in [6.07, 6.45) is 5.52. The number of nitrogens with one attached hydrogen (secondary N) is 1. The van der Waals surface area contributed by atoms with Crippen molar-refractivity contribution in [2.45, 2.75) is 12.5 Å². The van der Waals surface area contributed by atoms with Gasteiger partial charge in [0.1, 0.15) is 6.29 Å². The molecule has 0 fully saturated rings. The summed E-state index contributed by atoms with van der Waals surface area (Å²) in [6.45, 7) is 0. The van der Waals surface area contributed by atoms with E-state index in [0.717, 1.165) is 12.7 Å². The summed E-state index contributed by atoms with van der Waals surface area (Å²) in [6, 6.07) is 0.0556. The second-order valence-electron chi connectivity index (χ2n) is 1.55. The first-order chi connectivity index (χ1) is 3.43. The molecule has 1 aliphatic rings. The molecule has 0 bridgehead atoms. The highest BCUT2D eigenvalue weighted by Crippen LogP contribution is 1.95. The van der Waals surface area contributed by atoms with Crippen molar-refractivity contribution in [2.75, 3.05) is 0 Å². The minimum atomic E-state index is 0.0556. The Labute approximate surface area is 42.2 Å². The fourth-order valence-corrected chi connectivity index (χ4v) is 0.569. The van der Waals surface area contributed by atoms with Gasteiger partial charge < -0.3 is 10.1 Å². The quantitative estimate of drug-likeness (QED) is 0.469. The highest BCUT2D eigenvalue weighted by atomic mass is 16.1. The number of aldehydes is 1. The van der Waals surface area contributed by atoms with Crippen molar-refractivity contribution in [2.24, 2.45) is 0 Å². The van der Waals surface area contributed by atoms with E-state index < -0.39 is 0 Å². The largest absolute Gasteiger partial charge is 0.381 e. The second kappa shape index (κ2) is 1.78. The zero-order valence-corrected chi connectivity index (χ0v) is 3.92. The molecule has 1 aliphatic heterocycles. The molecule has 2 nitrogen and oxygen atoms in total. The van der Waals surface area contributed by atoms with Crippen molar-refractivity contribution in [1.29, 1.82) is 0 Å². The van der Waals surface area contributed by atoms with Crippen molar-refractivity contribution in [1.82, 2.24) is 5.32 Å². The molecular weight excluding hydrogens is 90.1 g/mol. The highest BCUT2D eigenvalue weighted by molar-refractivity contribution is 5.59. The summed E-state index contributed by atoms with van der Waals surface area (Å²) in [5, 5.41) is 2.86. The molecule has 0 saturated heterocycles. The van der Waals surface area contributed by atoms with Crippen LogP contribution in [0.15, 0.2) is 12.3 Å². The Morgan fingerprint density at radius 1 is 1.86 bits per heavy atom. The van der Waals surface area contributed by atoms with Crippen LogP contribution in [0.2, 0.25) is 0 Å². The van der Waals surface area contributed by atoms with Gasteiger partial charge in [-0.25, -0.2) is 0 Å². The lowest BCUT2D eigenvalue weighted by atomic mass is 10.3. The van der Waals surface area contributed by atoms with Gasteiger partial charge in [0, 0.05) is 0 Å². The van der Waals surface area contributed by atoms with E-state index in [1.807, 2.05) is 6.08 Å². The number of rotatable bonds is 1. The first-order valence-corrected chi connectivity index (χ1v) is 2.30. The molecule has 1 unspecified atom stereocenters. The smallest absolute Gasteiger partial charge is 0.142 e. The normalized spacial score (nSPS) is 27.1. The summed E-state index contributed by atoms with van der Waals surface area (Å²) in [5.41, 5.74) is 0. The molecule has 0 spiro atoms. The zero-order chi connectivity index (χ0) is 5.11. The third-order valence-corrected chi connectivity index (χ3v) is 0.982. The van der Waals surface area contributed by atoms with Gasteiger partial charge in [-0.15, -0.1) is 0 Å². The lowest BCUT2D eigenvalue weighted by Crippen LogP contribution is -2.19. The summed E-state index contributed by atoms with van der Waals surface area (Å²) in [5.74, 6) is 0. The van der Waals surface area contributed by atoms with Crippen LogP contribution in [0.1, 0.15) is 6.42 Å². The molecule has 0 amide bonds. The molecule has 38 valence electrons. The molecule has 1 heterocycles. The average molecular weight is 97.1 g/mol. The van der Waals surface area contributed by atoms with E-state index >= 15 is 0 Å². The van der Waals surface area contributed by atoms with Crippen molar-refractivity contribution < 1.29 is 4.79 Å². The van der Waals surface area contributed by atoms with Crippen LogP contribution in [-0.2, 0) is 4.79 Å². The van der Waals surface area contributed by atoms with Crippen LogP contribution in [0.3, 0.4) is 0 Å². The van der Waals surface area contributed by atoms with Gasteiger partial charge in [-0.2, -0.15) is 0 Å². The Kier molecular flexibility index (Phi) is 1.11. The molecule has 1 atom stereocenters. The summed E-state index contributed by atoms with van der Waals surface area (Å²) in [4.78, 5) is 9.90. The third-order valence-electron chi connectivity index (χ3n) is 0.982. The van der Waals surface area contributed by atoms with Crippen LogP contribution >= 0.6 is 0 Å². The fourth-order valence-electron chi connectivity index (χ4n) is 0.569. The van der Waals surface area contributed by atoms with E-state index in [2.05, 4.69) is 5.32 Å². The van der Waals surface area contributed by atoms with Gasteiger partial charge in [0.05, 0.1) is 6.04 Å². The molecule has 0 aliphatic carbocycles. The fraction of sp³-hybridized carbons (Fsp3) is 0.400. The average Bonchev–Trinajstić information content (AvgIpc) is 2.14. The van der Waals surface area contributed by atoms with Crippen LogP contribution in [0.5, 0.6) is 0 Å². The number of hydrogen-bond acceptors (Lipinski definition) is 2. The van der Waals surface area contributed by atoms with Gasteiger partial charge in [-0.3, -0.25) is 0 Å². The Bertz CT molecular complexity index is 90.3. The minimum absolute atomic E-state index is 0.0556. The molecule has 2 heteroatoms. The molecule has 0 radical (unpaired) electrons. The van der Waals surface area contributed by atoms with E-state index in [1.54, 1.807) is 6.20 Å². The maximum atomic E-state index is 9.90.